The van der Waals surface area contributed by atoms with Crippen molar-refractivity contribution in [2.75, 3.05) is 5.32 Å². The molecule has 0 aliphatic heterocycles. The lowest BCUT2D eigenvalue weighted by Gasteiger charge is -2.13. The lowest BCUT2D eigenvalue weighted by Crippen LogP contribution is -2.04. The van der Waals surface area contributed by atoms with Gasteiger partial charge in [0.15, 0.2) is 10.9 Å². The first-order valence-electron chi connectivity index (χ1n) is 10.7. The molecule has 2 aromatic heterocycles. The molecule has 6 nitrogen and oxygen atoms in total. The maximum atomic E-state index is 13.1. The standard InChI is InChI=1S/C26H17F3N4O2S/c1-15(34)30-25-31-24-20(8-5-9-21(24)36-25)35-22-14-19(16-10-12-18(13-11-16)26(27,28)29)23(33-32-22)17-6-3-2-4-7-17/h2-14H,1H3,(H,30,31,34). The number of rotatable bonds is 5. The molecule has 1 N–H and O–H groups in total. The molecule has 0 radical (unpaired) electrons. The van der Waals surface area contributed by atoms with E-state index in [-0.39, 0.29) is 11.8 Å². The van der Waals surface area contributed by atoms with E-state index in [1.165, 1.54) is 30.4 Å². The number of carbonyl (C=O) groups excluding carboxylic acids is 1. The molecule has 10 heteroatoms. The Morgan fingerprint density at radius 1 is 0.917 bits per heavy atom. The Balaban J connectivity index is 1.57. The normalized spacial score (nSPS) is 11.4. The third-order valence-electron chi connectivity index (χ3n) is 5.22. The van der Waals surface area contributed by atoms with Crippen LogP contribution >= 0.6 is 11.3 Å². The number of carbonyl (C=O) groups is 1. The van der Waals surface area contributed by atoms with Gasteiger partial charge in [0.25, 0.3) is 0 Å². The smallest absolute Gasteiger partial charge is 0.416 e. The highest BCUT2D eigenvalue weighted by Gasteiger charge is 2.30. The first-order chi connectivity index (χ1) is 17.3. The number of anilines is 1. The molecule has 0 saturated carbocycles. The number of nitrogens with one attached hydrogen (secondary N) is 1. The monoisotopic (exact) mass is 506 g/mol. The molecule has 0 unspecified atom stereocenters. The van der Waals surface area contributed by atoms with Gasteiger partial charge in [-0.15, -0.1) is 10.2 Å². The van der Waals surface area contributed by atoms with Crippen molar-refractivity contribution in [2.24, 2.45) is 0 Å². The summed E-state index contributed by atoms with van der Waals surface area (Å²) in [4.78, 5) is 15.8. The van der Waals surface area contributed by atoms with E-state index in [1.54, 1.807) is 18.2 Å². The fraction of sp³-hybridized carbons (Fsp3) is 0.0769. The van der Waals surface area contributed by atoms with Crippen LogP contribution in [0.4, 0.5) is 18.3 Å². The number of amides is 1. The third kappa shape index (κ3) is 4.89. The van der Waals surface area contributed by atoms with Crippen LogP contribution in [0.2, 0.25) is 0 Å². The first-order valence-corrected chi connectivity index (χ1v) is 11.6. The molecule has 0 atom stereocenters. The van der Waals surface area contributed by atoms with Gasteiger partial charge in [-0.05, 0) is 29.8 Å². The van der Waals surface area contributed by atoms with Crippen molar-refractivity contribution in [1.82, 2.24) is 15.2 Å². The van der Waals surface area contributed by atoms with Crippen LogP contribution in [0.5, 0.6) is 11.6 Å². The fourth-order valence-electron chi connectivity index (χ4n) is 3.61. The molecule has 180 valence electrons. The molecule has 0 bridgehead atoms. The topological polar surface area (TPSA) is 77.0 Å². The number of thiazole rings is 1. The summed E-state index contributed by atoms with van der Waals surface area (Å²) in [7, 11) is 0. The summed E-state index contributed by atoms with van der Waals surface area (Å²) in [5.74, 6) is 0.312. The maximum absolute atomic E-state index is 13.1. The van der Waals surface area contributed by atoms with E-state index in [2.05, 4.69) is 20.5 Å². The van der Waals surface area contributed by atoms with Gasteiger partial charge in [-0.3, -0.25) is 4.79 Å². The third-order valence-corrected chi connectivity index (χ3v) is 6.16. The number of alkyl halides is 3. The Morgan fingerprint density at radius 2 is 1.67 bits per heavy atom. The molecule has 0 spiro atoms. The Morgan fingerprint density at radius 3 is 2.36 bits per heavy atom. The second kappa shape index (κ2) is 9.38. The van der Waals surface area contributed by atoms with Crippen LogP contribution < -0.4 is 10.1 Å². The number of halogens is 3. The Labute approximate surface area is 207 Å². The van der Waals surface area contributed by atoms with Gasteiger partial charge >= 0.3 is 6.18 Å². The Hall–Kier alpha value is -4.31. The molecule has 0 saturated heterocycles. The molecular formula is C26H17F3N4O2S. The van der Waals surface area contributed by atoms with Gasteiger partial charge < -0.3 is 10.1 Å². The van der Waals surface area contributed by atoms with Crippen molar-refractivity contribution in [1.29, 1.82) is 0 Å². The van der Waals surface area contributed by atoms with Gasteiger partial charge in [0.2, 0.25) is 11.8 Å². The predicted molar refractivity (Wildman–Crippen MR) is 132 cm³/mol. The number of para-hydroxylation sites is 1. The number of fused-ring (bicyclic) bond motifs is 1. The van der Waals surface area contributed by atoms with Gasteiger partial charge in [-0.1, -0.05) is 59.9 Å². The number of benzene rings is 3. The highest BCUT2D eigenvalue weighted by atomic mass is 32.1. The number of ether oxygens (including phenoxy) is 1. The number of aromatic nitrogens is 3. The lowest BCUT2D eigenvalue weighted by molar-refractivity contribution is -0.137. The molecule has 0 aliphatic rings. The molecule has 0 fully saturated rings. The average molecular weight is 507 g/mol. The quantitative estimate of drug-likeness (QED) is 0.273. The van der Waals surface area contributed by atoms with Crippen LogP contribution in [0.1, 0.15) is 12.5 Å². The maximum Gasteiger partial charge on any atom is 0.416 e. The van der Waals surface area contributed by atoms with Crippen molar-refractivity contribution >= 4 is 32.6 Å². The molecular weight excluding hydrogens is 489 g/mol. The number of hydrogen-bond donors (Lipinski definition) is 1. The summed E-state index contributed by atoms with van der Waals surface area (Å²) < 4.78 is 46.1. The van der Waals surface area contributed by atoms with Gasteiger partial charge in [-0.25, -0.2) is 4.98 Å². The average Bonchev–Trinajstić information content (AvgIpc) is 3.27. The summed E-state index contributed by atoms with van der Waals surface area (Å²) in [5.41, 5.74) is 2.15. The van der Waals surface area contributed by atoms with Crippen molar-refractivity contribution in [2.45, 2.75) is 13.1 Å². The van der Waals surface area contributed by atoms with E-state index >= 15 is 0 Å². The summed E-state index contributed by atoms with van der Waals surface area (Å²) in [5, 5.41) is 11.7. The zero-order chi connectivity index (χ0) is 25.3. The summed E-state index contributed by atoms with van der Waals surface area (Å²) in [6.07, 6.45) is -4.44. The van der Waals surface area contributed by atoms with Gasteiger partial charge in [0.05, 0.1) is 10.3 Å². The first kappa shape index (κ1) is 23.4. The minimum absolute atomic E-state index is 0.145. The van der Waals surface area contributed by atoms with Crippen molar-refractivity contribution in [3.63, 3.8) is 0 Å². The summed E-state index contributed by atoms with van der Waals surface area (Å²) in [6, 6.07) is 21.1. The fourth-order valence-corrected chi connectivity index (χ4v) is 4.54. The second-order valence-electron chi connectivity index (χ2n) is 7.79. The van der Waals surface area contributed by atoms with E-state index < -0.39 is 11.7 Å². The van der Waals surface area contributed by atoms with Crippen LogP contribution in [0.25, 0.3) is 32.6 Å². The van der Waals surface area contributed by atoms with Crippen LogP contribution in [0, 0.1) is 0 Å². The van der Waals surface area contributed by atoms with Crippen LogP contribution in [0.15, 0.2) is 78.9 Å². The van der Waals surface area contributed by atoms with Gasteiger partial charge in [0.1, 0.15) is 11.2 Å². The van der Waals surface area contributed by atoms with Gasteiger partial charge in [-0.2, -0.15) is 13.2 Å². The Kier molecular flexibility index (Phi) is 6.11. The van der Waals surface area contributed by atoms with E-state index in [1.807, 2.05) is 36.4 Å². The molecule has 1 amide bonds. The summed E-state index contributed by atoms with van der Waals surface area (Å²) in [6.45, 7) is 1.40. The highest BCUT2D eigenvalue weighted by Crippen LogP contribution is 2.38. The molecule has 0 aliphatic carbocycles. The molecule has 5 aromatic rings. The van der Waals surface area contributed by atoms with Crippen LogP contribution in [-0.4, -0.2) is 21.1 Å². The molecule has 36 heavy (non-hydrogen) atoms. The Bertz CT molecular complexity index is 1550. The predicted octanol–water partition coefficient (Wildman–Crippen LogP) is 7.19. The van der Waals surface area contributed by atoms with Crippen molar-refractivity contribution in [3.05, 3.63) is 84.4 Å². The van der Waals surface area contributed by atoms with E-state index in [4.69, 9.17) is 4.74 Å². The van der Waals surface area contributed by atoms with E-state index in [0.717, 1.165) is 22.4 Å². The van der Waals surface area contributed by atoms with Crippen LogP contribution in [0.3, 0.4) is 0 Å². The molecule has 3 aromatic carbocycles. The molecule has 5 rings (SSSR count). The SMILES string of the molecule is CC(=O)Nc1nc2c(Oc3cc(-c4ccc(C(F)(F)F)cc4)c(-c4ccccc4)nn3)cccc2s1. The zero-order valence-electron chi connectivity index (χ0n) is 18.7. The molecule has 2 heterocycles. The zero-order valence-corrected chi connectivity index (χ0v) is 19.5. The largest absolute Gasteiger partial charge is 0.435 e. The lowest BCUT2D eigenvalue weighted by atomic mass is 9.99. The minimum Gasteiger partial charge on any atom is -0.435 e. The van der Waals surface area contributed by atoms with Crippen molar-refractivity contribution < 1.29 is 22.7 Å². The number of hydrogen-bond acceptors (Lipinski definition) is 6. The van der Waals surface area contributed by atoms with Crippen LogP contribution in [-0.2, 0) is 11.0 Å². The summed E-state index contributed by atoms with van der Waals surface area (Å²) >= 11 is 1.30. The van der Waals surface area contributed by atoms with E-state index in [0.29, 0.717) is 33.2 Å². The van der Waals surface area contributed by atoms with Gasteiger partial charge in [0, 0.05) is 24.1 Å². The van der Waals surface area contributed by atoms with Crippen molar-refractivity contribution in [3.8, 4) is 34.0 Å². The number of nitrogens with zero attached hydrogens (tertiary/aromatic N) is 3. The second-order valence-corrected chi connectivity index (χ2v) is 8.82. The van der Waals surface area contributed by atoms with E-state index in [9.17, 15) is 18.0 Å². The highest BCUT2D eigenvalue weighted by molar-refractivity contribution is 7.22. The minimum atomic E-state index is -4.44.